The highest BCUT2D eigenvalue weighted by molar-refractivity contribution is 5.78. The van der Waals surface area contributed by atoms with E-state index in [1.54, 1.807) is 18.6 Å². The van der Waals surface area contributed by atoms with E-state index >= 15 is 0 Å². The van der Waals surface area contributed by atoms with Gasteiger partial charge in [-0.05, 0) is 49.7 Å². The predicted molar refractivity (Wildman–Crippen MR) is 121 cm³/mol. The number of aromatic nitrogens is 2. The van der Waals surface area contributed by atoms with Crippen molar-refractivity contribution in [1.29, 1.82) is 0 Å². The normalized spacial score (nSPS) is 23.5. The minimum Gasteiger partial charge on any atom is -0.387 e. The summed E-state index contributed by atoms with van der Waals surface area (Å²) in [4.78, 5) is 16.6. The molecule has 2 aliphatic rings. The number of nitrogens with zero attached hydrogens (tertiary/aromatic N) is 2. The molecule has 1 aromatic carbocycles. The summed E-state index contributed by atoms with van der Waals surface area (Å²) < 4.78 is 16.6. The monoisotopic (exact) mass is 433 g/mol. The minimum atomic E-state index is -1.21. The molecular formula is C26H28FN3O2. The van der Waals surface area contributed by atoms with Gasteiger partial charge < -0.3 is 10.4 Å². The number of fused-ring (bicyclic) bond motifs is 3. The van der Waals surface area contributed by atoms with E-state index in [0.717, 1.165) is 42.0 Å². The molecule has 5 rings (SSSR count). The van der Waals surface area contributed by atoms with Gasteiger partial charge in [0.1, 0.15) is 6.17 Å². The first kappa shape index (κ1) is 20.9. The highest BCUT2D eigenvalue weighted by atomic mass is 19.1. The number of carbonyl (C=O) groups is 1. The van der Waals surface area contributed by atoms with Crippen molar-refractivity contribution in [2.75, 3.05) is 0 Å². The smallest absolute Gasteiger partial charge is 0.224 e. The van der Waals surface area contributed by atoms with Crippen LogP contribution < -0.4 is 10.5 Å². The van der Waals surface area contributed by atoms with E-state index < -0.39 is 12.3 Å². The van der Waals surface area contributed by atoms with Gasteiger partial charge in [-0.15, -0.1) is 0 Å². The van der Waals surface area contributed by atoms with E-state index in [2.05, 4.69) is 10.3 Å². The topological polar surface area (TPSA) is 66.6 Å². The summed E-state index contributed by atoms with van der Waals surface area (Å²) in [7, 11) is 0. The van der Waals surface area contributed by atoms with Gasteiger partial charge >= 0.3 is 0 Å². The Bertz CT molecular complexity index is 1180. The van der Waals surface area contributed by atoms with E-state index in [4.69, 9.17) is 0 Å². The van der Waals surface area contributed by atoms with Crippen LogP contribution in [0.15, 0.2) is 55.0 Å². The molecule has 2 unspecified atom stereocenters. The van der Waals surface area contributed by atoms with Gasteiger partial charge in [0.2, 0.25) is 5.91 Å². The van der Waals surface area contributed by atoms with Crippen LogP contribution in [0.3, 0.4) is 0 Å². The molecular weight excluding hydrogens is 405 g/mol. The number of benzene rings is 1. The van der Waals surface area contributed by atoms with Crippen molar-refractivity contribution in [2.45, 2.75) is 56.8 Å². The number of hydrogen-bond donors (Lipinski definition) is 2. The van der Waals surface area contributed by atoms with Crippen LogP contribution >= 0.6 is 0 Å². The van der Waals surface area contributed by atoms with E-state index in [0.29, 0.717) is 30.0 Å². The Morgan fingerprint density at radius 3 is 2.78 bits per heavy atom. The third-order valence-corrected chi connectivity index (χ3v) is 6.85. The Balaban J connectivity index is 1.20. The molecule has 0 radical (unpaired) electrons. The second kappa shape index (κ2) is 8.87. The first-order valence-corrected chi connectivity index (χ1v) is 11.4. The van der Waals surface area contributed by atoms with Crippen LogP contribution in [0.4, 0.5) is 4.39 Å². The number of carbonyl (C=O) groups excluding carboxylic acids is 1. The summed E-state index contributed by atoms with van der Waals surface area (Å²) >= 11 is 0. The number of imidazole rings is 1. The third-order valence-electron chi connectivity index (χ3n) is 6.85. The van der Waals surface area contributed by atoms with Gasteiger partial charge in [-0.25, -0.2) is 9.37 Å². The molecule has 3 aromatic rings. The first-order valence-electron chi connectivity index (χ1n) is 11.4. The van der Waals surface area contributed by atoms with Crippen LogP contribution in [0.25, 0.3) is 11.6 Å². The van der Waals surface area contributed by atoms with Crippen LogP contribution in [-0.2, 0) is 11.2 Å². The number of hydrogen-bond acceptors (Lipinski definition) is 3. The molecule has 2 aliphatic carbocycles. The predicted octanol–water partition coefficient (Wildman–Crippen LogP) is 3.76. The Morgan fingerprint density at radius 1 is 1.22 bits per heavy atom. The van der Waals surface area contributed by atoms with Crippen molar-refractivity contribution in [3.8, 4) is 0 Å². The van der Waals surface area contributed by atoms with Crippen molar-refractivity contribution in [2.24, 2.45) is 5.92 Å². The molecule has 0 spiro atoms. The molecule has 2 atom stereocenters. The Hall–Kier alpha value is -2.99. The van der Waals surface area contributed by atoms with Gasteiger partial charge in [-0.3, -0.25) is 9.20 Å². The second-order valence-electron chi connectivity index (χ2n) is 9.01. The van der Waals surface area contributed by atoms with Gasteiger partial charge in [0.25, 0.3) is 0 Å². The fraction of sp³-hybridized carbons (Fsp3) is 0.385. The number of nitrogens with one attached hydrogen (secondary N) is 1. The molecule has 32 heavy (non-hydrogen) atoms. The lowest BCUT2D eigenvalue weighted by Gasteiger charge is -2.30. The number of amides is 1. The van der Waals surface area contributed by atoms with Crippen molar-refractivity contribution in [3.63, 3.8) is 0 Å². The molecule has 2 N–H and O–H groups in total. The number of halogens is 1. The molecule has 1 amide bonds. The summed E-state index contributed by atoms with van der Waals surface area (Å²) in [6.07, 6.45) is 11.2. The number of rotatable bonds is 6. The second-order valence-corrected chi connectivity index (χ2v) is 9.01. The summed E-state index contributed by atoms with van der Waals surface area (Å²) in [6.45, 7) is 0. The minimum absolute atomic E-state index is 0.0592. The van der Waals surface area contributed by atoms with E-state index in [-0.39, 0.29) is 11.9 Å². The largest absolute Gasteiger partial charge is 0.387 e. The van der Waals surface area contributed by atoms with Crippen molar-refractivity contribution < 1.29 is 14.3 Å². The number of alkyl halides is 1. The zero-order chi connectivity index (χ0) is 22.1. The van der Waals surface area contributed by atoms with Gasteiger partial charge in [0, 0.05) is 16.8 Å². The average molecular weight is 434 g/mol. The molecule has 166 valence electrons. The fourth-order valence-electron chi connectivity index (χ4n) is 5.27. The Kier molecular flexibility index (Phi) is 5.79. The fourth-order valence-corrected chi connectivity index (χ4v) is 5.27. The van der Waals surface area contributed by atoms with Crippen LogP contribution in [0.1, 0.15) is 61.2 Å². The lowest BCUT2D eigenvalue weighted by atomic mass is 9.82. The molecule has 0 aliphatic heterocycles. The lowest BCUT2D eigenvalue weighted by Crippen LogP contribution is -2.38. The number of aliphatic hydroxyl groups excluding tert-OH is 1. The quantitative estimate of drug-likeness (QED) is 0.622. The highest BCUT2D eigenvalue weighted by Crippen LogP contribution is 2.36. The Morgan fingerprint density at radius 2 is 2.00 bits per heavy atom. The standard InChI is InChI=1S/C26H28FN3O2/c27-21-8-4-7-20-22-15-28-16-30(22)26(25(20)21)23(31)13-18-9-11-19(12-10-18)29-24(32)14-17-5-2-1-3-6-17/h1-8,15-16,18-19,21,23,31H,9-14H2,(H,29,32). The summed E-state index contributed by atoms with van der Waals surface area (Å²) in [5, 5.41) is 15.1. The maximum Gasteiger partial charge on any atom is 0.224 e. The molecule has 1 fully saturated rings. The van der Waals surface area contributed by atoms with Gasteiger partial charge in [-0.2, -0.15) is 0 Å². The SMILES string of the molecule is O=C(Cc1ccccc1)NC1CCC(CC(O)c2c3c(c4cncn24)=CC=CC3F)CC1. The molecule has 1 saturated carbocycles. The van der Waals surface area contributed by atoms with Crippen molar-refractivity contribution in [1.82, 2.24) is 14.7 Å². The molecule has 5 nitrogen and oxygen atoms in total. The molecule has 0 bridgehead atoms. The number of allylic oxidation sites excluding steroid dienone is 2. The zero-order valence-electron chi connectivity index (χ0n) is 18.0. The van der Waals surface area contributed by atoms with Gasteiger partial charge in [0.15, 0.2) is 0 Å². The summed E-state index contributed by atoms with van der Waals surface area (Å²) in [5.74, 6) is 0.404. The van der Waals surface area contributed by atoms with Crippen molar-refractivity contribution >= 4 is 17.5 Å². The van der Waals surface area contributed by atoms with Gasteiger partial charge in [-0.1, -0.05) is 42.5 Å². The van der Waals surface area contributed by atoms with E-state index in [1.807, 2.05) is 40.8 Å². The van der Waals surface area contributed by atoms with E-state index in [1.165, 1.54) is 6.08 Å². The maximum absolute atomic E-state index is 14.7. The van der Waals surface area contributed by atoms with Crippen LogP contribution in [0, 0.1) is 5.92 Å². The van der Waals surface area contributed by atoms with Crippen LogP contribution in [-0.4, -0.2) is 26.4 Å². The lowest BCUT2D eigenvalue weighted by molar-refractivity contribution is -0.121. The summed E-state index contributed by atoms with van der Waals surface area (Å²) in [6, 6.07) is 9.95. The molecule has 2 aromatic heterocycles. The Labute approximate surface area is 186 Å². The van der Waals surface area contributed by atoms with E-state index in [9.17, 15) is 14.3 Å². The average Bonchev–Trinajstić information content (AvgIpc) is 3.37. The number of aliphatic hydroxyl groups is 1. The van der Waals surface area contributed by atoms with Crippen LogP contribution in [0.2, 0.25) is 0 Å². The molecule has 6 heteroatoms. The first-order chi connectivity index (χ1) is 15.6. The maximum atomic E-state index is 14.7. The van der Waals surface area contributed by atoms with Crippen molar-refractivity contribution in [3.05, 3.63) is 77.0 Å². The molecule has 0 saturated heterocycles. The molecule has 2 heterocycles. The highest BCUT2D eigenvalue weighted by Gasteiger charge is 2.30. The third kappa shape index (κ3) is 4.07. The van der Waals surface area contributed by atoms with Crippen LogP contribution in [0.5, 0.6) is 0 Å². The zero-order valence-corrected chi connectivity index (χ0v) is 18.0. The van der Waals surface area contributed by atoms with Gasteiger partial charge in [0.05, 0.1) is 36.3 Å². The summed E-state index contributed by atoms with van der Waals surface area (Å²) in [5.41, 5.74) is 3.05.